The number of hydrogen-bond acceptors (Lipinski definition) is 1. The van der Waals surface area contributed by atoms with Crippen molar-refractivity contribution in [3.05, 3.63) is 82.9 Å². The van der Waals surface area contributed by atoms with E-state index in [-0.39, 0.29) is 0 Å². The summed E-state index contributed by atoms with van der Waals surface area (Å²) < 4.78 is 0. The van der Waals surface area contributed by atoms with Gasteiger partial charge >= 0.3 is 0 Å². The van der Waals surface area contributed by atoms with Gasteiger partial charge < -0.3 is 0 Å². The number of nitrogens with zero attached hydrogens (tertiary/aromatic N) is 1. The molecule has 2 heteroatoms. The number of benzene rings is 2. The fourth-order valence-electron chi connectivity index (χ4n) is 3.17. The van der Waals surface area contributed by atoms with Gasteiger partial charge in [-0.1, -0.05) is 67.1 Å². The largest absolute Gasteiger partial charge is 0.299 e. The molecular formula is C22H24ClN. The second-order valence-corrected chi connectivity index (χ2v) is 6.84. The van der Waals surface area contributed by atoms with E-state index in [2.05, 4.69) is 54.0 Å². The summed E-state index contributed by atoms with van der Waals surface area (Å²) in [5, 5.41) is 0.770. The van der Waals surface area contributed by atoms with Gasteiger partial charge in [0, 0.05) is 11.6 Å². The van der Waals surface area contributed by atoms with E-state index in [1.807, 2.05) is 18.2 Å². The maximum atomic E-state index is 6.02. The van der Waals surface area contributed by atoms with Crippen LogP contribution in [0.2, 0.25) is 5.02 Å². The number of rotatable bonds is 5. The molecule has 0 N–H and O–H groups in total. The molecule has 124 valence electrons. The highest BCUT2D eigenvalue weighted by atomic mass is 35.5. The van der Waals surface area contributed by atoms with E-state index in [0.717, 1.165) is 17.1 Å². The van der Waals surface area contributed by atoms with Crippen LogP contribution in [0, 0.1) is 0 Å². The zero-order valence-electron chi connectivity index (χ0n) is 14.0. The van der Waals surface area contributed by atoms with Crippen molar-refractivity contribution >= 4 is 23.3 Å². The molecule has 1 aliphatic heterocycles. The van der Waals surface area contributed by atoms with E-state index in [1.165, 1.54) is 49.1 Å². The van der Waals surface area contributed by atoms with Gasteiger partial charge in [0.1, 0.15) is 0 Å². The Labute approximate surface area is 150 Å². The van der Waals surface area contributed by atoms with Gasteiger partial charge in [0.25, 0.3) is 0 Å². The molecule has 0 aromatic heterocycles. The highest BCUT2D eigenvalue weighted by Crippen LogP contribution is 2.25. The van der Waals surface area contributed by atoms with Crippen molar-refractivity contribution in [3.63, 3.8) is 0 Å². The molecule has 0 atom stereocenters. The third-order valence-electron chi connectivity index (χ3n) is 4.56. The molecule has 0 unspecified atom stereocenters. The Morgan fingerprint density at radius 3 is 2.29 bits per heavy atom. The fraction of sp³-hybridized carbons (Fsp3) is 0.273. The molecule has 0 bridgehead atoms. The van der Waals surface area contributed by atoms with Crippen LogP contribution >= 0.6 is 11.6 Å². The quantitative estimate of drug-likeness (QED) is 0.612. The monoisotopic (exact) mass is 337 g/mol. The summed E-state index contributed by atoms with van der Waals surface area (Å²) >= 11 is 6.02. The molecule has 0 radical (unpaired) electrons. The molecule has 1 nitrogen and oxygen atoms in total. The second-order valence-electron chi connectivity index (χ2n) is 6.40. The van der Waals surface area contributed by atoms with Crippen molar-refractivity contribution in [1.29, 1.82) is 0 Å². The van der Waals surface area contributed by atoms with Gasteiger partial charge in [-0.25, -0.2) is 0 Å². The van der Waals surface area contributed by atoms with Gasteiger partial charge in [0.15, 0.2) is 0 Å². The zero-order valence-corrected chi connectivity index (χ0v) is 14.8. The van der Waals surface area contributed by atoms with Crippen molar-refractivity contribution in [1.82, 2.24) is 4.90 Å². The highest BCUT2D eigenvalue weighted by Gasteiger charge is 2.14. The average molecular weight is 338 g/mol. The lowest BCUT2D eigenvalue weighted by Gasteiger charge is -2.28. The minimum Gasteiger partial charge on any atom is -0.299 e. The van der Waals surface area contributed by atoms with Gasteiger partial charge in [-0.3, -0.25) is 4.90 Å². The van der Waals surface area contributed by atoms with Crippen LogP contribution in [0.25, 0.3) is 11.6 Å². The molecular weight excluding hydrogens is 314 g/mol. The van der Waals surface area contributed by atoms with Crippen LogP contribution in [-0.2, 0) is 0 Å². The predicted molar refractivity (Wildman–Crippen MR) is 105 cm³/mol. The minimum atomic E-state index is 0.770. The number of piperidine rings is 1. The van der Waals surface area contributed by atoms with E-state index >= 15 is 0 Å². The van der Waals surface area contributed by atoms with Crippen molar-refractivity contribution in [2.75, 3.05) is 19.6 Å². The third-order valence-corrected chi connectivity index (χ3v) is 4.82. The number of halogens is 1. The Bertz CT molecular complexity index is 695. The molecule has 1 heterocycles. The minimum absolute atomic E-state index is 0.770. The standard InChI is InChI=1S/C22H24ClN/c1-18(20-8-4-2-5-9-20)21(17-24-14-6-3-7-15-24)16-19-10-12-22(23)13-11-19/h2,4-5,8-13,16H,1,3,6-7,14-15,17H2/b21-16+. The van der Waals surface area contributed by atoms with Gasteiger partial charge in [-0.15, -0.1) is 0 Å². The maximum Gasteiger partial charge on any atom is 0.0406 e. The number of likely N-dealkylation sites (tertiary alicyclic amines) is 1. The first-order chi connectivity index (χ1) is 11.7. The van der Waals surface area contributed by atoms with E-state index < -0.39 is 0 Å². The highest BCUT2D eigenvalue weighted by molar-refractivity contribution is 6.30. The predicted octanol–water partition coefficient (Wildman–Crippen LogP) is 5.92. The van der Waals surface area contributed by atoms with Crippen LogP contribution < -0.4 is 0 Å². The van der Waals surface area contributed by atoms with Gasteiger partial charge in [0.2, 0.25) is 0 Å². The van der Waals surface area contributed by atoms with Crippen LogP contribution in [-0.4, -0.2) is 24.5 Å². The molecule has 1 saturated heterocycles. The van der Waals surface area contributed by atoms with Gasteiger partial charge in [-0.05, 0) is 66.4 Å². The first kappa shape index (κ1) is 17.0. The smallest absolute Gasteiger partial charge is 0.0406 e. The van der Waals surface area contributed by atoms with E-state index in [4.69, 9.17) is 11.6 Å². The molecule has 0 spiro atoms. The van der Waals surface area contributed by atoms with Gasteiger partial charge in [0.05, 0.1) is 0 Å². The van der Waals surface area contributed by atoms with Crippen LogP contribution in [0.5, 0.6) is 0 Å². The van der Waals surface area contributed by atoms with Crippen molar-refractivity contribution in [2.24, 2.45) is 0 Å². The number of hydrogen-bond donors (Lipinski definition) is 0. The molecule has 1 aliphatic rings. The molecule has 1 fully saturated rings. The summed E-state index contributed by atoms with van der Waals surface area (Å²) in [4.78, 5) is 2.54. The Morgan fingerprint density at radius 1 is 0.958 bits per heavy atom. The summed E-state index contributed by atoms with van der Waals surface area (Å²) in [5.74, 6) is 0. The lowest BCUT2D eigenvalue weighted by atomic mass is 9.96. The summed E-state index contributed by atoms with van der Waals surface area (Å²) in [6, 6.07) is 18.5. The third kappa shape index (κ3) is 4.59. The second kappa shape index (κ2) is 8.32. The first-order valence-corrected chi connectivity index (χ1v) is 9.03. The topological polar surface area (TPSA) is 3.24 Å². The van der Waals surface area contributed by atoms with Crippen LogP contribution in [0.4, 0.5) is 0 Å². The normalized spacial score (nSPS) is 16.1. The van der Waals surface area contributed by atoms with Crippen LogP contribution in [0.1, 0.15) is 30.4 Å². The fourth-order valence-corrected chi connectivity index (χ4v) is 3.30. The molecule has 0 amide bonds. The van der Waals surface area contributed by atoms with E-state index in [0.29, 0.717) is 0 Å². The summed E-state index contributed by atoms with van der Waals surface area (Å²) in [6.45, 7) is 7.70. The Hall–Kier alpha value is -1.83. The van der Waals surface area contributed by atoms with E-state index in [1.54, 1.807) is 0 Å². The maximum absolute atomic E-state index is 6.02. The van der Waals surface area contributed by atoms with Crippen molar-refractivity contribution in [2.45, 2.75) is 19.3 Å². The van der Waals surface area contributed by atoms with Crippen molar-refractivity contribution < 1.29 is 0 Å². The Morgan fingerprint density at radius 2 is 1.62 bits per heavy atom. The Kier molecular flexibility index (Phi) is 5.90. The molecule has 2 aromatic rings. The van der Waals surface area contributed by atoms with E-state index in [9.17, 15) is 0 Å². The van der Waals surface area contributed by atoms with Crippen molar-refractivity contribution in [3.8, 4) is 0 Å². The molecule has 2 aromatic carbocycles. The van der Waals surface area contributed by atoms with Crippen LogP contribution in [0.15, 0.2) is 66.7 Å². The molecule has 0 aliphatic carbocycles. The molecule has 24 heavy (non-hydrogen) atoms. The zero-order chi connectivity index (χ0) is 16.8. The first-order valence-electron chi connectivity index (χ1n) is 8.65. The SMILES string of the molecule is C=C(/C(=C/c1ccc(Cl)cc1)CN1CCCCC1)c1ccccc1. The summed E-state index contributed by atoms with van der Waals surface area (Å²) in [7, 11) is 0. The molecule has 3 rings (SSSR count). The molecule has 0 saturated carbocycles. The lowest BCUT2D eigenvalue weighted by Crippen LogP contribution is -2.31. The summed E-state index contributed by atoms with van der Waals surface area (Å²) in [6.07, 6.45) is 6.20. The summed E-state index contributed by atoms with van der Waals surface area (Å²) in [5.41, 5.74) is 4.75. The van der Waals surface area contributed by atoms with Crippen LogP contribution in [0.3, 0.4) is 0 Å². The Balaban J connectivity index is 1.87. The lowest BCUT2D eigenvalue weighted by molar-refractivity contribution is 0.249. The van der Waals surface area contributed by atoms with Gasteiger partial charge in [-0.2, -0.15) is 0 Å². The average Bonchev–Trinajstić information content (AvgIpc) is 2.64.